The van der Waals surface area contributed by atoms with Gasteiger partial charge in [0.05, 0.1) is 17.7 Å². The number of carbonyl (C=O) groups is 1. The number of carbonyl (C=O) groups excluding carboxylic acids is 1. The Morgan fingerprint density at radius 3 is 2.69 bits per heavy atom. The number of oxime groups is 1. The summed E-state index contributed by atoms with van der Waals surface area (Å²) in [5.41, 5.74) is 0.486. The van der Waals surface area contributed by atoms with E-state index in [4.69, 9.17) is 5.21 Å². The molecule has 1 aromatic rings. The van der Waals surface area contributed by atoms with E-state index in [0.717, 1.165) is 4.88 Å². The van der Waals surface area contributed by atoms with Crippen molar-refractivity contribution in [3.05, 3.63) is 21.9 Å². The molecule has 0 aliphatic rings. The molecule has 0 unspecified atom stereocenters. The molecule has 0 aromatic carbocycles. The number of esters is 1. The molecule has 70 valence electrons. The molecule has 0 bridgehead atoms. The van der Waals surface area contributed by atoms with Crippen molar-refractivity contribution in [2.75, 3.05) is 7.11 Å². The van der Waals surface area contributed by atoms with Gasteiger partial charge < -0.3 is 9.94 Å². The highest BCUT2D eigenvalue weighted by Crippen LogP contribution is 2.17. The van der Waals surface area contributed by atoms with Crippen LogP contribution in [0.5, 0.6) is 0 Å². The van der Waals surface area contributed by atoms with Crippen molar-refractivity contribution in [1.29, 1.82) is 0 Å². The first-order valence-corrected chi connectivity index (χ1v) is 4.38. The van der Waals surface area contributed by atoms with E-state index in [-0.39, 0.29) is 5.97 Å². The zero-order valence-electron chi connectivity index (χ0n) is 7.27. The molecule has 1 rings (SSSR count). The lowest BCUT2D eigenvalue weighted by atomic mass is 10.3. The first-order chi connectivity index (χ1) is 6.19. The van der Waals surface area contributed by atoms with Crippen molar-refractivity contribution in [3.8, 4) is 0 Å². The molecule has 0 atom stereocenters. The third-order valence-corrected chi connectivity index (χ3v) is 2.67. The molecule has 13 heavy (non-hydrogen) atoms. The second-order valence-electron chi connectivity index (χ2n) is 2.34. The van der Waals surface area contributed by atoms with Crippen LogP contribution in [0.25, 0.3) is 0 Å². The van der Waals surface area contributed by atoms with E-state index in [0.29, 0.717) is 10.6 Å². The molecule has 0 radical (unpaired) electrons. The highest BCUT2D eigenvalue weighted by molar-refractivity contribution is 7.15. The fraction of sp³-hybridized carbons (Fsp3) is 0.250. The number of thiophene rings is 1. The summed E-state index contributed by atoms with van der Waals surface area (Å²) in [7, 11) is 1.33. The van der Waals surface area contributed by atoms with Gasteiger partial charge in [-0.3, -0.25) is 0 Å². The van der Waals surface area contributed by atoms with E-state index < -0.39 is 0 Å². The summed E-state index contributed by atoms with van der Waals surface area (Å²) >= 11 is 1.23. The van der Waals surface area contributed by atoms with Gasteiger partial charge in [0.25, 0.3) is 0 Å². The van der Waals surface area contributed by atoms with Crippen LogP contribution in [0.15, 0.2) is 17.3 Å². The number of methoxy groups -OCH3 is 1. The predicted molar refractivity (Wildman–Crippen MR) is 49.7 cm³/mol. The van der Waals surface area contributed by atoms with Gasteiger partial charge in [0.1, 0.15) is 4.88 Å². The summed E-state index contributed by atoms with van der Waals surface area (Å²) in [5.74, 6) is -0.373. The minimum atomic E-state index is -0.373. The molecule has 0 aliphatic heterocycles. The van der Waals surface area contributed by atoms with Gasteiger partial charge in [-0.2, -0.15) is 0 Å². The van der Waals surface area contributed by atoms with E-state index >= 15 is 0 Å². The fourth-order valence-electron chi connectivity index (χ4n) is 0.792. The Balaban J connectivity index is 2.93. The molecule has 5 heteroatoms. The van der Waals surface area contributed by atoms with Gasteiger partial charge in [0, 0.05) is 0 Å². The molecule has 0 aliphatic carbocycles. The third kappa shape index (κ3) is 2.06. The maximum absolute atomic E-state index is 11.0. The quantitative estimate of drug-likeness (QED) is 0.341. The maximum atomic E-state index is 11.0. The molecule has 0 saturated carbocycles. The molecule has 1 aromatic heterocycles. The molecule has 1 N–H and O–H groups in total. The van der Waals surface area contributed by atoms with Gasteiger partial charge in [-0.25, -0.2) is 4.79 Å². The molecule has 4 nitrogen and oxygen atoms in total. The van der Waals surface area contributed by atoms with Crippen LogP contribution in [-0.4, -0.2) is 24.0 Å². The number of hydrogen-bond donors (Lipinski definition) is 1. The normalized spacial score (nSPS) is 11.4. The molecule has 0 fully saturated rings. The Hall–Kier alpha value is -1.36. The lowest BCUT2D eigenvalue weighted by molar-refractivity contribution is 0.0606. The van der Waals surface area contributed by atoms with Crippen LogP contribution in [0.4, 0.5) is 0 Å². The van der Waals surface area contributed by atoms with Crippen LogP contribution >= 0.6 is 11.3 Å². The van der Waals surface area contributed by atoms with Crippen molar-refractivity contribution >= 4 is 23.0 Å². The second-order valence-corrected chi connectivity index (χ2v) is 3.42. The maximum Gasteiger partial charge on any atom is 0.348 e. The highest BCUT2D eigenvalue weighted by atomic mass is 32.1. The van der Waals surface area contributed by atoms with Crippen LogP contribution in [-0.2, 0) is 4.74 Å². The van der Waals surface area contributed by atoms with E-state index in [1.54, 1.807) is 19.1 Å². The topological polar surface area (TPSA) is 58.9 Å². The number of rotatable bonds is 2. The molecule has 0 spiro atoms. The summed E-state index contributed by atoms with van der Waals surface area (Å²) < 4.78 is 4.53. The van der Waals surface area contributed by atoms with Crippen molar-refractivity contribution in [2.24, 2.45) is 5.16 Å². The van der Waals surface area contributed by atoms with Crippen LogP contribution in [0.1, 0.15) is 21.5 Å². The monoisotopic (exact) mass is 199 g/mol. The summed E-state index contributed by atoms with van der Waals surface area (Å²) in [6.45, 7) is 1.66. The second kappa shape index (κ2) is 4.04. The van der Waals surface area contributed by atoms with E-state index in [9.17, 15) is 4.79 Å². The molecule has 0 amide bonds. The van der Waals surface area contributed by atoms with Crippen molar-refractivity contribution in [3.63, 3.8) is 0 Å². The number of ether oxygens (including phenoxy) is 1. The Kier molecular flexibility index (Phi) is 3.02. The molecule has 1 heterocycles. The Morgan fingerprint density at radius 1 is 1.54 bits per heavy atom. The fourth-order valence-corrected chi connectivity index (χ4v) is 1.66. The number of nitrogens with zero attached hydrogens (tertiary/aromatic N) is 1. The van der Waals surface area contributed by atoms with Gasteiger partial charge in [-0.05, 0) is 19.1 Å². The zero-order chi connectivity index (χ0) is 9.84. The lowest BCUT2D eigenvalue weighted by Gasteiger charge is -1.92. The first kappa shape index (κ1) is 9.73. The standard InChI is InChI=1S/C8H9NO3S/c1-5(9-11)6-3-4-7(13-6)8(10)12-2/h3-4,11H,1-2H3. The van der Waals surface area contributed by atoms with Crippen LogP contribution in [0.2, 0.25) is 0 Å². The van der Waals surface area contributed by atoms with Gasteiger partial charge in [0.2, 0.25) is 0 Å². The SMILES string of the molecule is COC(=O)c1ccc(C(C)=NO)s1. The summed E-state index contributed by atoms with van der Waals surface area (Å²) in [5, 5.41) is 11.5. The summed E-state index contributed by atoms with van der Waals surface area (Å²) in [6.07, 6.45) is 0. The first-order valence-electron chi connectivity index (χ1n) is 3.56. The molecular formula is C8H9NO3S. The predicted octanol–water partition coefficient (Wildman–Crippen LogP) is 1.73. The zero-order valence-corrected chi connectivity index (χ0v) is 8.09. The van der Waals surface area contributed by atoms with Crippen LogP contribution < -0.4 is 0 Å². The number of hydrogen-bond acceptors (Lipinski definition) is 5. The van der Waals surface area contributed by atoms with Crippen LogP contribution in [0.3, 0.4) is 0 Å². The van der Waals surface area contributed by atoms with Crippen molar-refractivity contribution in [2.45, 2.75) is 6.92 Å². The van der Waals surface area contributed by atoms with Gasteiger partial charge in [-0.15, -0.1) is 11.3 Å². The van der Waals surface area contributed by atoms with Gasteiger partial charge in [-0.1, -0.05) is 5.16 Å². The Bertz CT molecular complexity index is 343. The average Bonchev–Trinajstić information content (AvgIpc) is 2.64. The average molecular weight is 199 g/mol. The molecular weight excluding hydrogens is 190 g/mol. The molecule has 0 saturated heterocycles. The third-order valence-electron chi connectivity index (χ3n) is 1.50. The smallest absolute Gasteiger partial charge is 0.348 e. The highest BCUT2D eigenvalue weighted by Gasteiger charge is 2.10. The van der Waals surface area contributed by atoms with E-state index in [1.807, 2.05) is 0 Å². The largest absolute Gasteiger partial charge is 0.465 e. The van der Waals surface area contributed by atoms with E-state index in [2.05, 4.69) is 9.89 Å². The van der Waals surface area contributed by atoms with Gasteiger partial charge in [0.15, 0.2) is 0 Å². The van der Waals surface area contributed by atoms with Crippen LogP contribution in [0, 0.1) is 0 Å². The summed E-state index contributed by atoms with van der Waals surface area (Å²) in [6, 6.07) is 3.35. The van der Waals surface area contributed by atoms with Gasteiger partial charge >= 0.3 is 5.97 Å². The van der Waals surface area contributed by atoms with E-state index in [1.165, 1.54) is 18.4 Å². The minimum absolute atomic E-state index is 0.373. The lowest BCUT2D eigenvalue weighted by Crippen LogP contribution is -1.96. The van der Waals surface area contributed by atoms with Crippen molar-refractivity contribution in [1.82, 2.24) is 0 Å². The van der Waals surface area contributed by atoms with Crippen molar-refractivity contribution < 1.29 is 14.7 Å². The summed E-state index contributed by atoms with van der Waals surface area (Å²) in [4.78, 5) is 12.3. The minimum Gasteiger partial charge on any atom is -0.465 e. The Labute approximate surface area is 79.5 Å². The Morgan fingerprint density at radius 2 is 2.15 bits per heavy atom.